The summed E-state index contributed by atoms with van der Waals surface area (Å²) in [6, 6.07) is 2.46. The van der Waals surface area contributed by atoms with Crippen LogP contribution < -0.4 is 0 Å². The van der Waals surface area contributed by atoms with Crippen LogP contribution in [-0.2, 0) is 17.6 Å². The highest BCUT2D eigenvalue weighted by molar-refractivity contribution is 5.31. The van der Waals surface area contributed by atoms with E-state index in [1.807, 2.05) is 0 Å². The number of ether oxygens (including phenoxy) is 1. The van der Waals surface area contributed by atoms with Gasteiger partial charge in [-0.05, 0) is 13.0 Å². The van der Waals surface area contributed by atoms with Crippen molar-refractivity contribution in [3.05, 3.63) is 23.5 Å². The van der Waals surface area contributed by atoms with Gasteiger partial charge in [0.25, 0.3) is 0 Å². The van der Waals surface area contributed by atoms with E-state index in [0.717, 1.165) is 16.8 Å². The lowest BCUT2D eigenvalue weighted by Gasteiger charge is -2.10. The molecule has 1 aromatic heterocycles. The Kier molecular flexibility index (Phi) is 3.37. The quantitative estimate of drug-likeness (QED) is 0.781. The Morgan fingerprint density at radius 3 is 2.67 bits per heavy atom. The highest BCUT2D eigenvalue weighted by atomic mass is 19.4. The Balaban J connectivity index is 3.02. The van der Waals surface area contributed by atoms with E-state index in [9.17, 15) is 13.2 Å². The fraction of sp³-hybridized carbons (Fsp3) is 0.444. The molecule has 0 spiro atoms. The number of rotatable bonds is 3. The van der Waals surface area contributed by atoms with Gasteiger partial charge in [0.05, 0.1) is 5.56 Å². The van der Waals surface area contributed by atoms with E-state index in [1.54, 1.807) is 13.0 Å². The van der Waals surface area contributed by atoms with Crippen LogP contribution in [0.5, 0.6) is 0 Å². The van der Waals surface area contributed by atoms with Gasteiger partial charge in [0, 0.05) is 12.8 Å². The van der Waals surface area contributed by atoms with Crippen LogP contribution in [-0.4, -0.2) is 11.2 Å². The van der Waals surface area contributed by atoms with Crippen LogP contribution in [0.15, 0.2) is 12.3 Å². The Morgan fingerprint density at radius 1 is 1.53 bits per heavy atom. The monoisotopic (exact) mass is 218 g/mol. The zero-order valence-corrected chi connectivity index (χ0v) is 8.01. The molecule has 0 unspecified atom stereocenters. The van der Waals surface area contributed by atoms with E-state index in [0.29, 0.717) is 6.61 Å². The third kappa shape index (κ3) is 2.73. The maximum absolute atomic E-state index is 12.4. The molecular formula is C9H9F3N2O. The van der Waals surface area contributed by atoms with Crippen LogP contribution in [0.1, 0.15) is 18.2 Å². The Morgan fingerprint density at radius 2 is 2.20 bits per heavy atom. The summed E-state index contributed by atoms with van der Waals surface area (Å²) in [7, 11) is 0. The normalized spacial score (nSPS) is 11.4. The molecule has 0 aliphatic rings. The van der Waals surface area contributed by atoms with Crippen molar-refractivity contribution >= 4 is 0 Å². The minimum atomic E-state index is -4.47. The minimum absolute atomic E-state index is 0.0259. The van der Waals surface area contributed by atoms with Crippen LogP contribution >= 0.6 is 0 Å². The molecule has 0 fully saturated rings. The zero-order chi connectivity index (χ0) is 11.5. The first-order valence-corrected chi connectivity index (χ1v) is 4.24. The van der Waals surface area contributed by atoms with Crippen molar-refractivity contribution in [2.45, 2.75) is 19.8 Å². The van der Waals surface area contributed by atoms with Crippen molar-refractivity contribution < 1.29 is 17.9 Å². The Hall–Kier alpha value is -1.48. The number of halogens is 3. The minimum Gasteiger partial charge on any atom is -0.361 e. The molecule has 15 heavy (non-hydrogen) atoms. The van der Waals surface area contributed by atoms with E-state index in [1.165, 1.54) is 0 Å². The SMILES string of the molecule is CCOCn1cc(C#N)cc1C(F)(F)F. The van der Waals surface area contributed by atoms with E-state index >= 15 is 0 Å². The first-order chi connectivity index (χ1) is 6.99. The molecule has 0 saturated carbocycles. The maximum atomic E-state index is 12.4. The summed E-state index contributed by atoms with van der Waals surface area (Å²) in [5.74, 6) is 0. The van der Waals surface area contributed by atoms with Crippen molar-refractivity contribution in [2.75, 3.05) is 6.61 Å². The van der Waals surface area contributed by atoms with Crippen LogP contribution in [0.2, 0.25) is 0 Å². The summed E-state index contributed by atoms with van der Waals surface area (Å²) >= 11 is 0. The highest BCUT2D eigenvalue weighted by Crippen LogP contribution is 2.30. The Labute approximate surface area is 84.7 Å². The van der Waals surface area contributed by atoms with Gasteiger partial charge in [0.15, 0.2) is 0 Å². The standard InChI is InChI=1S/C9H9F3N2O/c1-2-15-6-14-5-7(4-13)3-8(14)9(10,11)12/h3,5H,2,6H2,1H3. The summed E-state index contributed by atoms with van der Waals surface area (Å²) < 4.78 is 43.1. The summed E-state index contributed by atoms with van der Waals surface area (Å²) in [5, 5.41) is 8.50. The predicted molar refractivity (Wildman–Crippen MR) is 45.8 cm³/mol. The van der Waals surface area contributed by atoms with Gasteiger partial charge >= 0.3 is 6.18 Å². The van der Waals surface area contributed by atoms with Crippen LogP contribution in [0.3, 0.4) is 0 Å². The molecule has 3 nitrogen and oxygen atoms in total. The lowest BCUT2D eigenvalue weighted by molar-refractivity contribution is -0.145. The number of nitriles is 1. The van der Waals surface area contributed by atoms with Gasteiger partial charge in [0.1, 0.15) is 18.5 Å². The van der Waals surface area contributed by atoms with Crippen molar-refractivity contribution in [2.24, 2.45) is 0 Å². The molecule has 0 saturated heterocycles. The number of hydrogen-bond acceptors (Lipinski definition) is 2. The smallest absolute Gasteiger partial charge is 0.361 e. The first kappa shape index (κ1) is 11.6. The third-order valence-corrected chi connectivity index (χ3v) is 1.75. The summed E-state index contributed by atoms with van der Waals surface area (Å²) in [5.41, 5.74) is -0.894. The molecule has 0 bridgehead atoms. The van der Waals surface area contributed by atoms with Gasteiger partial charge < -0.3 is 9.30 Å². The predicted octanol–water partition coefficient (Wildman–Crippen LogP) is 2.37. The second-order valence-corrected chi connectivity index (χ2v) is 2.82. The van der Waals surface area contributed by atoms with Crippen molar-refractivity contribution in [1.29, 1.82) is 5.26 Å². The summed E-state index contributed by atoms with van der Waals surface area (Å²) in [4.78, 5) is 0. The van der Waals surface area contributed by atoms with Gasteiger partial charge in [-0.2, -0.15) is 18.4 Å². The fourth-order valence-corrected chi connectivity index (χ4v) is 1.11. The van der Waals surface area contributed by atoms with Gasteiger partial charge in [-0.15, -0.1) is 0 Å². The summed E-state index contributed by atoms with van der Waals surface area (Å²) in [6.07, 6.45) is -3.34. The molecule has 1 heterocycles. The average Bonchev–Trinajstić information content (AvgIpc) is 2.57. The van der Waals surface area contributed by atoms with Gasteiger partial charge in [-0.25, -0.2) is 0 Å². The van der Waals surface area contributed by atoms with Crippen molar-refractivity contribution in [3.8, 4) is 6.07 Å². The number of nitrogens with zero attached hydrogens (tertiary/aromatic N) is 2. The lowest BCUT2D eigenvalue weighted by atomic mass is 10.3. The second-order valence-electron chi connectivity index (χ2n) is 2.82. The molecule has 0 N–H and O–H groups in total. The molecule has 0 radical (unpaired) electrons. The summed E-state index contributed by atoms with van der Waals surface area (Å²) in [6.45, 7) is 1.80. The van der Waals surface area contributed by atoms with E-state index in [-0.39, 0.29) is 12.3 Å². The van der Waals surface area contributed by atoms with Crippen molar-refractivity contribution in [1.82, 2.24) is 4.57 Å². The average molecular weight is 218 g/mol. The molecule has 0 aromatic carbocycles. The molecule has 0 aliphatic carbocycles. The van der Waals surface area contributed by atoms with E-state index < -0.39 is 11.9 Å². The molecule has 1 rings (SSSR count). The molecule has 6 heteroatoms. The van der Waals surface area contributed by atoms with E-state index in [4.69, 9.17) is 10.00 Å². The van der Waals surface area contributed by atoms with Crippen LogP contribution in [0.25, 0.3) is 0 Å². The van der Waals surface area contributed by atoms with Crippen molar-refractivity contribution in [3.63, 3.8) is 0 Å². The highest BCUT2D eigenvalue weighted by Gasteiger charge is 2.34. The lowest BCUT2D eigenvalue weighted by Crippen LogP contribution is -2.14. The first-order valence-electron chi connectivity index (χ1n) is 4.24. The maximum Gasteiger partial charge on any atom is 0.431 e. The topological polar surface area (TPSA) is 38.0 Å². The third-order valence-electron chi connectivity index (χ3n) is 1.75. The van der Waals surface area contributed by atoms with E-state index in [2.05, 4.69) is 0 Å². The molecule has 0 amide bonds. The molecule has 0 atom stereocenters. The van der Waals surface area contributed by atoms with Gasteiger partial charge in [-0.3, -0.25) is 0 Å². The van der Waals surface area contributed by atoms with Gasteiger partial charge in [0.2, 0.25) is 0 Å². The molecular weight excluding hydrogens is 209 g/mol. The molecule has 82 valence electrons. The number of aromatic nitrogens is 1. The molecule has 1 aromatic rings. The largest absolute Gasteiger partial charge is 0.431 e. The van der Waals surface area contributed by atoms with Crippen LogP contribution in [0.4, 0.5) is 13.2 Å². The Bertz CT molecular complexity index is 376. The number of alkyl halides is 3. The number of hydrogen-bond donors (Lipinski definition) is 0. The fourth-order valence-electron chi connectivity index (χ4n) is 1.11. The van der Waals surface area contributed by atoms with Gasteiger partial charge in [-0.1, -0.05) is 0 Å². The second kappa shape index (κ2) is 4.36. The molecule has 0 aliphatic heterocycles. The van der Waals surface area contributed by atoms with Crippen LogP contribution in [0, 0.1) is 11.3 Å². The zero-order valence-electron chi connectivity index (χ0n) is 8.01.